The van der Waals surface area contributed by atoms with Gasteiger partial charge in [-0.2, -0.15) is 0 Å². The number of furan rings is 1. The van der Waals surface area contributed by atoms with Crippen molar-refractivity contribution in [2.24, 2.45) is 0 Å². The summed E-state index contributed by atoms with van der Waals surface area (Å²) in [4.78, 5) is 27.0. The van der Waals surface area contributed by atoms with Crippen LogP contribution in [0.4, 0.5) is 0 Å². The predicted octanol–water partition coefficient (Wildman–Crippen LogP) is 5.73. The number of carbonyl (C=O) groups is 2. The Morgan fingerprint density at radius 2 is 1.20 bits per heavy atom. The van der Waals surface area contributed by atoms with Crippen molar-refractivity contribution in [3.05, 3.63) is 125 Å². The van der Waals surface area contributed by atoms with E-state index in [1.54, 1.807) is 33.5 Å². The lowest BCUT2D eigenvalue weighted by Gasteiger charge is -2.35. The molecule has 3 atom stereocenters. The van der Waals surface area contributed by atoms with Gasteiger partial charge in [-0.3, -0.25) is 4.79 Å². The van der Waals surface area contributed by atoms with Crippen LogP contribution in [0, 0.1) is 0 Å². The molecule has 240 valence electrons. The molecule has 1 heterocycles. The summed E-state index contributed by atoms with van der Waals surface area (Å²) in [7, 11) is 4.79. The Morgan fingerprint density at radius 1 is 0.674 bits per heavy atom. The minimum absolute atomic E-state index is 0.0345. The number of benzene rings is 3. The number of hydrogen-bond acceptors (Lipinski definition) is 10. The van der Waals surface area contributed by atoms with Crippen LogP contribution in [0.25, 0.3) is 0 Å². The molecule has 0 amide bonds. The number of methoxy groups -OCH3 is 3. The molecule has 0 unspecified atom stereocenters. The summed E-state index contributed by atoms with van der Waals surface area (Å²) in [6, 6.07) is 25.3. The van der Waals surface area contributed by atoms with Crippen LogP contribution < -0.4 is 14.2 Å². The first kappa shape index (κ1) is 32.5. The lowest BCUT2D eigenvalue weighted by molar-refractivity contribution is -0.152. The molecule has 0 saturated carbocycles. The maximum absolute atomic E-state index is 13.9. The summed E-state index contributed by atoms with van der Waals surface area (Å²) >= 11 is 0. The molecule has 0 radical (unpaired) electrons. The number of Topliss-reactive ketones (excluding diaryl/α,β-unsaturated/α-hetero) is 1. The predicted molar refractivity (Wildman–Crippen MR) is 167 cm³/mol. The SMILES string of the molecule is COc1ccc(COCC2=C[C@@H](OCc3ccc(OC)cc3)[C@@H](OCc3ccc(OC)cc3)[C@H](OC(=O)c3ccco3)C2=O)cc1. The molecule has 5 rings (SSSR count). The molecule has 1 aliphatic rings. The van der Waals surface area contributed by atoms with Crippen molar-refractivity contribution in [1.29, 1.82) is 0 Å². The van der Waals surface area contributed by atoms with Gasteiger partial charge in [-0.1, -0.05) is 36.4 Å². The topological polar surface area (TPSA) is 112 Å². The third kappa shape index (κ3) is 8.42. The van der Waals surface area contributed by atoms with E-state index in [-0.39, 0.29) is 32.2 Å². The minimum atomic E-state index is -1.33. The third-order valence-electron chi connectivity index (χ3n) is 7.41. The molecule has 46 heavy (non-hydrogen) atoms. The van der Waals surface area contributed by atoms with E-state index in [0.29, 0.717) is 17.1 Å². The van der Waals surface area contributed by atoms with Gasteiger partial charge in [-0.05, 0) is 71.3 Å². The number of ether oxygens (including phenoxy) is 7. The zero-order valence-corrected chi connectivity index (χ0v) is 25.9. The monoisotopic (exact) mass is 628 g/mol. The Hall–Kier alpha value is -4.90. The van der Waals surface area contributed by atoms with Gasteiger partial charge in [0.15, 0.2) is 6.10 Å². The normalized spacial score (nSPS) is 17.7. The zero-order valence-electron chi connectivity index (χ0n) is 25.9. The van der Waals surface area contributed by atoms with Gasteiger partial charge in [0, 0.05) is 5.57 Å². The highest BCUT2D eigenvalue weighted by Crippen LogP contribution is 2.28. The van der Waals surface area contributed by atoms with Crippen molar-refractivity contribution < 1.29 is 47.2 Å². The first-order valence-electron chi connectivity index (χ1n) is 14.7. The van der Waals surface area contributed by atoms with Gasteiger partial charge in [0.05, 0.1) is 54.0 Å². The fourth-order valence-corrected chi connectivity index (χ4v) is 4.84. The second-order valence-electron chi connectivity index (χ2n) is 10.4. The van der Waals surface area contributed by atoms with Crippen LogP contribution in [0.2, 0.25) is 0 Å². The molecular formula is C36H36O10. The highest BCUT2D eigenvalue weighted by molar-refractivity contribution is 6.02. The first-order valence-corrected chi connectivity index (χ1v) is 14.7. The fraction of sp³-hybridized carbons (Fsp3) is 0.278. The lowest BCUT2D eigenvalue weighted by Crippen LogP contribution is -2.51. The quantitative estimate of drug-likeness (QED) is 0.151. The number of hydrogen-bond donors (Lipinski definition) is 0. The van der Waals surface area contributed by atoms with Crippen molar-refractivity contribution in [3.8, 4) is 17.2 Å². The summed E-state index contributed by atoms with van der Waals surface area (Å²) in [6.07, 6.45) is -0.0308. The van der Waals surface area contributed by atoms with E-state index in [0.717, 1.165) is 22.4 Å². The van der Waals surface area contributed by atoms with Crippen LogP contribution in [0.1, 0.15) is 27.2 Å². The van der Waals surface area contributed by atoms with Crippen LogP contribution in [0.3, 0.4) is 0 Å². The van der Waals surface area contributed by atoms with Crippen LogP contribution in [0.15, 0.2) is 107 Å². The van der Waals surface area contributed by atoms with E-state index >= 15 is 0 Å². The zero-order chi connectivity index (χ0) is 32.3. The number of esters is 1. The minimum Gasteiger partial charge on any atom is -0.497 e. The van der Waals surface area contributed by atoms with Crippen LogP contribution in [-0.4, -0.2) is 58.0 Å². The molecule has 0 spiro atoms. The van der Waals surface area contributed by atoms with Crippen molar-refractivity contribution in [2.75, 3.05) is 27.9 Å². The average Bonchev–Trinajstić information content (AvgIpc) is 3.65. The first-order chi connectivity index (χ1) is 22.5. The van der Waals surface area contributed by atoms with Crippen molar-refractivity contribution in [3.63, 3.8) is 0 Å². The summed E-state index contributed by atoms with van der Waals surface area (Å²) in [5, 5.41) is 0. The molecule has 0 aliphatic heterocycles. The smallest absolute Gasteiger partial charge is 0.375 e. The second kappa shape index (κ2) is 15.9. The standard InChI is InChI=1S/C36H36O10/c1-39-28-12-6-24(7-13-28)20-42-23-27-19-32(44-21-25-8-14-29(40-2)15-9-25)34(45-22-26-10-16-30(41-3)17-11-26)35(33(27)37)46-36(38)31-5-4-18-43-31/h4-19,32,34-35H,20-23H2,1-3H3/t32-,34-,35-/m1/s1. The molecule has 10 nitrogen and oxygen atoms in total. The molecule has 1 aliphatic carbocycles. The summed E-state index contributed by atoms with van der Waals surface area (Å²) in [6.45, 7) is 0.532. The van der Waals surface area contributed by atoms with E-state index in [2.05, 4.69) is 0 Å². The molecular weight excluding hydrogens is 592 g/mol. The molecule has 0 bridgehead atoms. The highest BCUT2D eigenvalue weighted by atomic mass is 16.6. The summed E-state index contributed by atoms with van der Waals surface area (Å²) in [5.41, 5.74) is 2.91. The molecule has 10 heteroatoms. The van der Waals surface area contributed by atoms with E-state index in [1.165, 1.54) is 12.3 Å². The Bertz CT molecular complexity index is 1580. The molecule has 0 N–H and O–H groups in total. The molecule has 0 saturated heterocycles. The van der Waals surface area contributed by atoms with Gasteiger partial charge < -0.3 is 37.6 Å². The van der Waals surface area contributed by atoms with Gasteiger partial charge in [0.1, 0.15) is 29.5 Å². The molecule has 1 aromatic heterocycles. The maximum Gasteiger partial charge on any atom is 0.375 e. The molecule has 4 aromatic rings. The van der Waals surface area contributed by atoms with Crippen molar-refractivity contribution >= 4 is 11.8 Å². The van der Waals surface area contributed by atoms with Gasteiger partial charge in [-0.15, -0.1) is 0 Å². The largest absolute Gasteiger partial charge is 0.497 e. The van der Waals surface area contributed by atoms with E-state index in [4.69, 9.17) is 37.6 Å². The third-order valence-corrected chi connectivity index (χ3v) is 7.41. The summed E-state index contributed by atoms with van der Waals surface area (Å²) in [5.74, 6) is 0.866. The lowest BCUT2D eigenvalue weighted by atomic mass is 9.90. The fourth-order valence-electron chi connectivity index (χ4n) is 4.84. The van der Waals surface area contributed by atoms with E-state index < -0.39 is 30.1 Å². The Kier molecular flexibility index (Phi) is 11.2. The van der Waals surface area contributed by atoms with Gasteiger partial charge >= 0.3 is 5.97 Å². The van der Waals surface area contributed by atoms with Crippen LogP contribution in [0.5, 0.6) is 17.2 Å². The highest BCUT2D eigenvalue weighted by Gasteiger charge is 2.44. The number of carbonyl (C=O) groups excluding carboxylic acids is 2. The molecule has 3 aromatic carbocycles. The Labute approximate surface area is 267 Å². The van der Waals surface area contributed by atoms with Crippen molar-refractivity contribution in [1.82, 2.24) is 0 Å². The maximum atomic E-state index is 13.9. The van der Waals surface area contributed by atoms with Gasteiger partial charge in [0.25, 0.3) is 0 Å². The Morgan fingerprint density at radius 3 is 1.70 bits per heavy atom. The molecule has 0 fully saturated rings. The number of ketones is 1. The van der Waals surface area contributed by atoms with Crippen LogP contribution >= 0.6 is 0 Å². The van der Waals surface area contributed by atoms with Crippen molar-refractivity contribution in [2.45, 2.75) is 38.1 Å². The number of rotatable bonds is 15. The average molecular weight is 629 g/mol. The van der Waals surface area contributed by atoms with Gasteiger partial charge in [0.2, 0.25) is 11.5 Å². The van der Waals surface area contributed by atoms with E-state index in [9.17, 15) is 9.59 Å². The van der Waals surface area contributed by atoms with E-state index in [1.807, 2.05) is 72.8 Å². The summed E-state index contributed by atoms with van der Waals surface area (Å²) < 4.78 is 45.4. The van der Waals surface area contributed by atoms with Crippen LogP contribution in [-0.2, 0) is 43.6 Å². The Balaban J connectivity index is 1.40. The van der Waals surface area contributed by atoms with Gasteiger partial charge in [-0.25, -0.2) is 4.79 Å². The second-order valence-corrected chi connectivity index (χ2v) is 10.4.